The Kier molecular flexibility index (Phi) is 14.5. The molecule has 0 unspecified atom stereocenters. The second-order valence-electron chi connectivity index (χ2n) is 12.3. The van der Waals surface area contributed by atoms with E-state index in [1.807, 2.05) is 0 Å². The van der Waals surface area contributed by atoms with E-state index in [0.29, 0.717) is 78.0 Å². The summed E-state index contributed by atoms with van der Waals surface area (Å²) in [7, 11) is 6.25. The summed E-state index contributed by atoms with van der Waals surface area (Å²) < 4.78 is 13.4. The van der Waals surface area contributed by atoms with Gasteiger partial charge in [0, 0.05) is 20.2 Å². The van der Waals surface area contributed by atoms with Gasteiger partial charge in [-0.25, -0.2) is 9.97 Å². The summed E-state index contributed by atoms with van der Waals surface area (Å²) in [4.78, 5) is 55.1. The molecule has 0 amide bonds. The maximum Gasteiger partial charge on any atom is 0.290 e. The van der Waals surface area contributed by atoms with E-state index in [9.17, 15) is 9.59 Å². The van der Waals surface area contributed by atoms with Crippen LogP contribution in [-0.4, -0.2) is 63.7 Å². The zero-order valence-corrected chi connectivity index (χ0v) is 34.5. The van der Waals surface area contributed by atoms with Crippen molar-refractivity contribution in [2.24, 2.45) is 14.1 Å². The van der Waals surface area contributed by atoms with E-state index in [0.717, 1.165) is 0 Å². The number of aromatic nitrogens is 10. The molecule has 0 aliphatic rings. The van der Waals surface area contributed by atoms with Gasteiger partial charge in [-0.05, 0) is 30.3 Å². The summed E-state index contributed by atoms with van der Waals surface area (Å²) in [5.74, 6) is 2.33. The number of ether oxygens (including phenoxy) is 2. The van der Waals surface area contributed by atoms with Gasteiger partial charge in [-0.1, -0.05) is 77.5 Å². The van der Waals surface area contributed by atoms with E-state index in [4.69, 9.17) is 63.2 Å². The highest BCUT2D eigenvalue weighted by Gasteiger charge is 2.18. The van der Waals surface area contributed by atoms with Crippen LogP contribution in [0.2, 0.25) is 15.2 Å². The van der Waals surface area contributed by atoms with E-state index in [1.54, 1.807) is 62.6 Å². The first-order valence-corrected chi connectivity index (χ1v) is 18.4. The topological polar surface area (TPSA) is 242 Å². The Balaban J connectivity index is 0.000000198. The van der Waals surface area contributed by atoms with Gasteiger partial charge in [0.25, 0.3) is 22.8 Å². The number of aromatic amines is 2. The number of anilines is 7. The smallest absolute Gasteiger partial charge is 0.290 e. The number of hydrogen-bond donors (Lipinski definition) is 6. The number of para-hydroxylation sites is 2. The van der Waals surface area contributed by atoms with E-state index in [1.165, 1.54) is 48.4 Å². The normalized spacial score (nSPS) is 10.2. The summed E-state index contributed by atoms with van der Waals surface area (Å²) in [5, 5.41) is 17.0. The van der Waals surface area contributed by atoms with Crippen LogP contribution in [0.4, 0.5) is 51.8 Å². The van der Waals surface area contributed by atoms with Crippen LogP contribution in [0.15, 0.2) is 82.9 Å². The Morgan fingerprint density at radius 2 is 1.16 bits per heavy atom. The number of aryl methyl sites for hydroxylation is 2. The van der Waals surface area contributed by atoms with Gasteiger partial charge in [0.05, 0.1) is 71.8 Å². The zero-order valence-electron chi connectivity index (χ0n) is 32.2. The van der Waals surface area contributed by atoms with E-state index in [2.05, 4.69) is 65.7 Å². The maximum atomic E-state index is 12.6. The number of nitrogens with one attached hydrogen (secondary N) is 5. The Morgan fingerprint density at radius 3 is 1.66 bits per heavy atom. The molecule has 8 rings (SSSR count). The van der Waals surface area contributed by atoms with Gasteiger partial charge in [0.1, 0.15) is 21.7 Å². The first-order chi connectivity index (χ1) is 29.3. The third-order valence-corrected chi connectivity index (χ3v) is 9.01. The van der Waals surface area contributed by atoms with Crippen LogP contribution in [-0.2, 0) is 14.1 Å². The number of nitrogens with zero attached hydrogens (tertiary/aromatic N) is 10. The molecule has 20 nitrogen and oxygen atoms in total. The van der Waals surface area contributed by atoms with Crippen LogP contribution < -0.4 is 42.3 Å². The fourth-order valence-electron chi connectivity index (χ4n) is 5.61. The van der Waals surface area contributed by atoms with Gasteiger partial charge in [0.15, 0.2) is 22.8 Å². The molecule has 23 heteroatoms. The molecular weight excluding hydrogens is 863 g/mol. The standard InChI is InChI=1S/C19H15ClN8O2.C14H12Cl2N4O2.C5H4N4.CH4/c1-21-14-8-22-9-15(25-14)24-13-7-12(16-18(26-13)27-28(2)19(16)29)23-11-6-4-5-10(20)17(11)30-3;1-20-14(21)11-9(6-10(16)18-13(11)19-20)17-8-5-3-4-7(15)12(8)22-2;1-7-5-3-8-2-4(6)9-5;/h4-9H,2-3H3,(H3,23,24,25,26,27);3-6H,1-2H3,(H2,17,18,19);2-3H,(H2,6,9);1H4. The van der Waals surface area contributed by atoms with Crippen LogP contribution in [0, 0.1) is 13.1 Å². The molecule has 0 aliphatic heterocycles. The third-order valence-electron chi connectivity index (χ3n) is 8.22. The number of benzene rings is 2. The summed E-state index contributed by atoms with van der Waals surface area (Å²) in [6.45, 7) is 13.6. The molecule has 0 atom stereocenters. The average molecular weight is 898 g/mol. The first kappa shape index (κ1) is 45.2. The Labute approximate surface area is 367 Å². The molecule has 62 heavy (non-hydrogen) atoms. The fraction of sp³-hybridized carbons (Fsp3) is 0.128. The first-order valence-electron chi connectivity index (χ1n) is 17.3. The summed E-state index contributed by atoms with van der Waals surface area (Å²) in [5.41, 5.74) is 7.76. The van der Waals surface area contributed by atoms with Gasteiger partial charge in [-0.3, -0.25) is 39.1 Å². The number of pyridine rings is 2. The van der Waals surface area contributed by atoms with Crippen molar-refractivity contribution in [3.63, 3.8) is 0 Å². The van der Waals surface area contributed by atoms with Crippen molar-refractivity contribution >= 4 is 109 Å². The molecule has 7 N–H and O–H groups in total. The molecule has 6 heterocycles. The number of fused-ring (bicyclic) bond motifs is 2. The SMILES string of the molecule is C.COc1c(Cl)cccc1Nc1cc(Cl)nc2[nH]n(C)c(=O)c12.[C-]#[N+]c1cncc(N)n1.[C-]#[N+]c1cncc(Nc2cc(Nc3cccc(Cl)c3OC)c3c(=O)n(C)[nH]c3n2)n1. The van der Waals surface area contributed by atoms with Gasteiger partial charge >= 0.3 is 0 Å². The molecule has 0 saturated heterocycles. The number of nitrogen functional groups attached to an aromatic ring is 1. The molecule has 6 aromatic heterocycles. The largest absolute Gasteiger partial charge is 0.493 e. The van der Waals surface area contributed by atoms with Gasteiger partial charge in [-0.2, -0.15) is 0 Å². The summed E-state index contributed by atoms with van der Waals surface area (Å²) in [6.07, 6.45) is 5.60. The molecule has 8 aromatic rings. The number of rotatable bonds is 8. The van der Waals surface area contributed by atoms with Crippen LogP contribution in [0.25, 0.3) is 31.8 Å². The Bertz CT molecular complexity index is 3120. The lowest BCUT2D eigenvalue weighted by Gasteiger charge is -2.13. The second kappa shape index (κ2) is 19.9. The summed E-state index contributed by atoms with van der Waals surface area (Å²) >= 11 is 18.3. The average Bonchev–Trinajstić information content (AvgIpc) is 3.69. The molecule has 316 valence electrons. The molecular formula is C39H35Cl3N16O4. The van der Waals surface area contributed by atoms with Crippen molar-refractivity contribution in [1.29, 1.82) is 0 Å². The third kappa shape index (κ3) is 10.1. The highest BCUT2D eigenvalue weighted by Crippen LogP contribution is 2.37. The van der Waals surface area contributed by atoms with E-state index >= 15 is 0 Å². The van der Waals surface area contributed by atoms with Crippen molar-refractivity contribution in [2.45, 2.75) is 7.43 Å². The van der Waals surface area contributed by atoms with Crippen LogP contribution in [0.1, 0.15) is 7.43 Å². The lowest BCUT2D eigenvalue weighted by atomic mass is 10.2. The second-order valence-corrected chi connectivity index (χ2v) is 13.5. The molecule has 0 radical (unpaired) electrons. The van der Waals surface area contributed by atoms with Crippen molar-refractivity contribution in [2.75, 3.05) is 35.9 Å². The number of methoxy groups -OCH3 is 2. The minimum absolute atomic E-state index is 0. The van der Waals surface area contributed by atoms with Crippen LogP contribution in [0.3, 0.4) is 0 Å². The molecule has 2 aromatic carbocycles. The Morgan fingerprint density at radius 1 is 0.661 bits per heavy atom. The number of nitrogens with two attached hydrogens (primary N) is 1. The Hall–Kier alpha value is -7.91. The van der Waals surface area contributed by atoms with Crippen molar-refractivity contribution in [1.82, 2.24) is 49.5 Å². The van der Waals surface area contributed by atoms with Crippen LogP contribution >= 0.6 is 34.8 Å². The van der Waals surface area contributed by atoms with Crippen molar-refractivity contribution in [3.8, 4) is 11.5 Å². The molecule has 0 aliphatic carbocycles. The lowest BCUT2D eigenvalue weighted by Crippen LogP contribution is -2.12. The predicted molar refractivity (Wildman–Crippen MR) is 241 cm³/mol. The minimum atomic E-state index is -0.248. The van der Waals surface area contributed by atoms with E-state index < -0.39 is 0 Å². The molecule has 0 saturated carbocycles. The fourth-order valence-corrected chi connectivity index (χ4v) is 6.31. The number of hydrogen-bond acceptors (Lipinski definition) is 14. The maximum absolute atomic E-state index is 12.6. The monoisotopic (exact) mass is 896 g/mol. The molecule has 0 fully saturated rings. The number of H-pyrrole nitrogens is 2. The van der Waals surface area contributed by atoms with Crippen molar-refractivity contribution < 1.29 is 9.47 Å². The summed E-state index contributed by atoms with van der Waals surface area (Å²) in [6, 6.07) is 13.8. The van der Waals surface area contributed by atoms with E-state index in [-0.39, 0.29) is 41.2 Å². The highest BCUT2D eigenvalue weighted by atomic mass is 35.5. The van der Waals surface area contributed by atoms with Gasteiger partial charge in [0.2, 0.25) is 11.6 Å². The quantitative estimate of drug-likeness (QED) is 0.0621. The minimum Gasteiger partial charge on any atom is -0.493 e. The number of halogens is 3. The van der Waals surface area contributed by atoms with Crippen molar-refractivity contribution in [3.05, 3.63) is 132 Å². The molecule has 0 spiro atoms. The zero-order chi connectivity index (χ0) is 43.8. The lowest BCUT2D eigenvalue weighted by molar-refractivity contribution is 0.417. The van der Waals surface area contributed by atoms with Crippen LogP contribution in [0.5, 0.6) is 11.5 Å². The highest BCUT2D eigenvalue weighted by molar-refractivity contribution is 6.33. The molecule has 0 bridgehead atoms. The van der Waals surface area contributed by atoms with Gasteiger partial charge in [-0.15, -0.1) is 0 Å². The predicted octanol–water partition coefficient (Wildman–Crippen LogP) is 8.32. The van der Waals surface area contributed by atoms with Gasteiger partial charge < -0.3 is 40.8 Å².